The molecule has 0 aromatic heterocycles. The van der Waals surface area contributed by atoms with Gasteiger partial charge in [0, 0.05) is 18.3 Å². The molecule has 0 rings (SSSR count). The number of hydroxylamine groups is 2. The summed E-state index contributed by atoms with van der Waals surface area (Å²) < 4.78 is 0. The molecule has 0 aliphatic rings. The number of nitrogens with one attached hydrogen (secondary N) is 1. The third kappa shape index (κ3) is 5.27. The number of nitrogens with zero attached hydrogens (tertiary/aromatic N) is 1. The second-order valence-corrected chi connectivity index (χ2v) is 2.57. The highest BCUT2D eigenvalue weighted by Gasteiger charge is 2.14. The van der Waals surface area contributed by atoms with Crippen molar-refractivity contribution in [3.8, 4) is 0 Å². The lowest BCUT2D eigenvalue weighted by molar-refractivity contribution is -0.146. The third-order valence-electron chi connectivity index (χ3n) is 1.28. The highest BCUT2D eigenvalue weighted by atomic mass is 16.5. The van der Waals surface area contributed by atoms with Gasteiger partial charge in [0.15, 0.2) is 0 Å². The minimum absolute atomic E-state index is 0.0887. The van der Waals surface area contributed by atoms with Crippen molar-refractivity contribution in [2.75, 3.05) is 0 Å². The van der Waals surface area contributed by atoms with Crippen molar-refractivity contribution in [3.63, 3.8) is 0 Å². The number of urea groups is 1. The van der Waals surface area contributed by atoms with E-state index in [9.17, 15) is 9.59 Å². The molecule has 0 unspecified atom stereocenters. The van der Waals surface area contributed by atoms with Gasteiger partial charge in [0.2, 0.25) is 0 Å². The summed E-state index contributed by atoms with van der Waals surface area (Å²) >= 11 is 0. The zero-order valence-electron chi connectivity index (χ0n) is 8.14. The van der Waals surface area contributed by atoms with Gasteiger partial charge in [-0.1, -0.05) is 19.2 Å². The van der Waals surface area contributed by atoms with E-state index in [4.69, 9.17) is 10.9 Å². The molecule has 0 saturated heterocycles. The van der Waals surface area contributed by atoms with Crippen molar-refractivity contribution in [2.45, 2.75) is 6.42 Å². The highest BCUT2D eigenvalue weighted by Crippen LogP contribution is 1.90. The Labute approximate surface area is 87.3 Å². The molecule has 0 radical (unpaired) electrons. The van der Waals surface area contributed by atoms with Gasteiger partial charge >= 0.3 is 6.03 Å². The molecule has 0 heterocycles. The van der Waals surface area contributed by atoms with Gasteiger partial charge in [0.1, 0.15) is 0 Å². The standard InChI is InChI=1S/C9H13N3O3/c1-3-8(13)12(15)9(14)11-6-4-5-7(2)10/h3-4,6,15H,1-2,5,10H2,(H,11,14)/b6-4+. The monoisotopic (exact) mass is 211 g/mol. The van der Waals surface area contributed by atoms with Crippen LogP contribution in [0.15, 0.2) is 37.2 Å². The molecule has 82 valence electrons. The normalized spacial score (nSPS) is 9.67. The van der Waals surface area contributed by atoms with Crippen LogP contribution in [-0.2, 0) is 4.79 Å². The average molecular weight is 211 g/mol. The van der Waals surface area contributed by atoms with E-state index in [2.05, 4.69) is 18.5 Å². The van der Waals surface area contributed by atoms with E-state index in [1.165, 1.54) is 12.3 Å². The van der Waals surface area contributed by atoms with Crippen LogP contribution in [0.3, 0.4) is 0 Å². The molecule has 0 aliphatic carbocycles. The maximum atomic E-state index is 11.0. The second-order valence-electron chi connectivity index (χ2n) is 2.57. The Bertz CT molecular complexity index is 310. The molecule has 0 fully saturated rings. The van der Waals surface area contributed by atoms with Crippen LogP contribution in [0.2, 0.25) is 0 Å². The van der Waals surface area contributed by atoms with Gasteiger partial charge in [0.25, 0.3) is 5.91 Å². The van der Waals surface area contributed by atoms with Crippen LogP contribution in [0.1, 0.15) is 6.42 Å². The van der Waals surface area contributed by atoms with Crippen LogP contribution in [-0.4, -0.2) is 22.2 Å². The first-order chi connectivity index (χ1) is 6.99. The van der Waals surface area contributed by atoms with Crippen LogP contribution in [0, 0.1) is 0 Å². The van der Waals surface area contributed by atoms with Gasteiger partial charge in [0.05, 0.1) is 0 Å². The van der Waals surface area contributed by atoms with Gasteiger partial charge < -0.3 is 11.1 Å². The second kappa shape index (κ2) is 6.39. The molecule has 15 heavy (non-hydrogen) atoms. The Kier molecular flexibility index (Phi) is 5.50. The summed E-state index contributed by atoms with van der Waals surface area (Å²) in [6.07, 6.45) is 3.97. The number of imide groups is 1. The smallest absolute Gasteiger partial charge is 0.352 e. The summed E-state index contributed by atoms with van der Waals surface area (Å²) in [6, 6.07) is -0.973. The minimum Gasteiger partial charge on any atom is -0.402 e. The third-order valence-corrected chi connectivity index (χ3v) is 1.28. The molecule has 3 amide bonds. The van der Waals surface area contributed by atoms with Gasteiger partial charge in [-0.05, 0) is 6.08 Å². The largest absolute Gasteiger partial charge is 0.402 e. The SMILES string of the molecule is C=CC(=O)N(O)C(=O)N/C=C/CC(=C)N. The van der Waals surface area contributed by atoms with Crippen molar-refractivity contribution >= 4 is 11.9 Å². The van der Waals surface area contributed by atoms with Crippen LogP contribution in [0.5, 0.6) is 0 Å². The number of nitrogens with two attached hydrogens (primary N) is 1. The Morgan fingerprint density at radius 1 is 1.53 bits per heavy atom. The molecule has 6 nitrogen and oxygen atoms in total. The van der Waals surface area contributed by atoms with E-state index in [1.807, 2.05) is 0 Å². The first-order valence-corrected chi connectivity index (χ1v) is 4.03. The topological polar surface area (TPSA) is 95.7 Å². The Balaban J connectivity index is 4.03. The quantitative estimate of drug-likeness (QED) is 0.358. The summed E-state index contributed by atoms with van der Waals surface area (Å²) in [6.45, 7) is 6.54. The summed E-state index contributed by atoms with van der Waals surface area (Å²) in [7, 11) is 0. The van der Waals surface area contributed by atoms with Crippen molar-refractivity contribution in [1.29, 1.82) is 0 Å². The predicted molar refractivity (Wildman–Crippen MR) is 54.4 cm³/mol. The molecular weight excluding hydrogens is 198 g/mol. The lowest BCUT2D eigenvalue weighted by Crippen LogP contribution is -2.38. The van der Waals surface area contributed by atoms with Crippen LogP contribution in [0.25, 0.3) is 0 Å². The van der Waals surface area contributed by atoms with Crippen molar-refractivity contribution in [2.24, 2.45) is 5.73 Å². The molecule has 0 bridgehead atoms. The first-order valence-electron chi connectivity index (χ1n) is 4.03. The van der Waals surface area contributed by atoms with Crippen molar-refractivity contribution in [3.05, 3.63) is 37.2 Å². The maximum absolute atomic E-state index is 11.0. The molecule has 0 saturated carbocycles. The first kappa shape index (κ1) is 12.9. The summed E-state index contributed by atoms with van der Waals surface area (Å²) in [4.78, 5) is 21.7. The number of amides is 3. The molecule has 6 heteroatoms. The highest BCUT2D eigenvalue weighted by molar-refractivity contribution is 5.98. The lowest BCUT2D eigenvalue weighted by atomic mass is 10.3. The Morgan fingerprint density at radius 2 is 2.13 bits per heavy atom. The summed E-state index contributed by atoms with van der Waals surface area (Å²) in [5.74, 6) is -0.913. The Morgan fingerprint density at radius 3 is 2.60 bits per heavy atom. The fourth-order valence-electron chi connectivity index (χ4n) is 0.588. The lowest BCUT2D eigenvalue weighted by Gasteiger charge is -2.09. The minimum atomic E-state index is -0.973. The van der Waals surface area contributed by atoms with Crippen LogP contribution < -0.4 is 11.1 Å². The van der Waals surface area contributed by atoms with E-state index in [0.29, 0.717) is 12.1 Å². The number of allylic oxidation sites excluding steroid dienone is 1. The molecule has 0 aromatic rings. The molecular formula is C9H13N3O3. The van der Waals surface area contributed by atoms with E-state index in [-0.39, 0.29) is 5.06 Å². The van der Waals surface area contributed by atoms with E-state index < -0.39 is 11.9 Å². The molecule has 0 aromatic carbocycles. The maximum Gasteiger partial charge on any atom is 0.352 e. The molecule has 0 spiro atoms. The number of rotatable bonds is 4. The number of hydrogen-bond acceptors (Lipinski definition) is 4. The van der Waals surface area contributed by atoms with E-state index in [0.717, 1.165) is 6.08 Å². The summed E-state index contributed by atoms with van der Waals surface area (Å²) in [5.41, 5.74) is 5.69. The van der Waals surface area contributed by atoms with Gasteiger partial charge in [-0.3, -0.25) is 10.0 Å². The van der Waals surface area contributed by atoms with Gasteiger partial charge in [-0.2, -0.15) is 0 Å². The van der Waals surface area contributed by atoms with Gasteiger partial charge in [-0.15, -0.1) is 5.06 Å². The molecule has 0 atom stereocenters. The van der Waals surface area contributed by atoms with E-state index in [1.54, 1.807) is 0 Å². The average Bonchev–Trinajstić information content (AvgIpc) is 2.21. The molecule has 0 aliphatic heterocycles. The number of carbonyl (C=O) groups is 2. The summed E-state index contributed by atoms with van der Waals surface area (Å²) in [5, 5.41) is 11.0. The van der Waals surface area contributed by atoms with Gasteiger partial charge in [-0.25, -0.2) is 4.79 Å². The van der Waals surface area contributed by atoms with Crippen molar-refractivity contribution < 1.29 is 14.8 Å². The number of carbonyl (C=O) groups excluding carboxylic acids is 2. The van der Waals surface area contributed by atoms with Crippen molar-refractivity contribution in [1.82, 2.24) is 10.4 Å². The van der Waals surface area contributed by atoms with Crippen LogP contribution in [0.4, 0.5) is 4.79 Å². The fourth-order valence-corrected chi connectivity index (χ4v) is 0.588. The fraction of sp³-hybridized carbons (Fsp3) is 0.111. The zero-order chi connectivity index (χ0) is 11.8. The zero-order valence-corrected chi connectivity index (χ0v) is 8.14. The van der Waals surface area contributed by atoms with Crippen LogP contribution >= 0.6 is 0 Å². The van der Waals surface area contributed by atoms with E-state index >= 15 is 0 Å². The number of hydrogen-bond donors (Lipinski definition) is 3. The molecule has 4 N–H and O–H groups in total. The predicted octanol–water partition coefficient (Wildman–Crippen LogP) is 0.476. The Hall–Kier alpha value is -2.08.